The Labute approximate surface area is 198 Å². The first kappa shape index (κ1) is 24.0. The molecule has 10 heteroatoms. The lowest BCUT2D eigenvalue weighted by atomic mass is 10.0. The highest BCUT2D eigenvalue weighted by molar-refractivity contribution is 7.89. The van der Waals surface area contributed by atoms with Crippen molar-refractivity contribution in [1.29, 1.82) is 0 Å². The summed E-state index contributed by atoms with van der Waals surface area (Å²) >= 11 is 0. The molecular formula is C24H27FN4O4S. The smallest absolute Gasteiger partial charge is 0.243 e. The SMILES string of the molecule is CC1CCCC(C)N1S(=O)(=O)c1ccc(NC(=O)CCc2nc(-c3ccc(F)cc3)no2)cc1. The highest BCUT2D eigenvalue weighted by atomic mass is 32.2. The molecule has 1 N–H and O–H groups in total. The molecule has 3 aromatic rings. The van der Waals surface area contributed by atoms with Crippen LogP contribution in [0, 0.1) is 5.82 Å². The van der Waals surface area contributed by atoms with Gasteiger partial charge in [0.1, 0.15) is 5.82 Å². The number of carbonyl (C=O) groups excluding carboxylic acids is 1. The Bertz CT molecular complexity index is 1230. The molecule has 1 aliphatic rings. The van der Waals surface area contributed by atoms with Gasteiger partial charge in [-0.25, -0.2) is 12.8 Å². The third kappa shape index (κ3) is 5.34. The predicted molar refractivity (Wildman–Crippen MR) is 125 cm³/mol. The molecule has 0 radical (unpaired) electrons. The molecule has 2 unspecified atom stereocenters. The predicted octanol–water partition coefficient (Wildman–Crippen LogP) is 4.40. The fraction of sp³-hybridized carbons (Fsp3) is 0.375. The van der Waals surface area contributed by atoms with E-state index in [1.165, 1.54) is 24.3 Å². The fourth-order valence-corrected chi connectivity index (χ4v) is 6.10. The van der Waals surface area contributed by atoms with Crippen LogP contribution in [0.2, 0.25) is 0 Å². The monoisotopic (exact) mass is 486 g/mol. The van der Waals surface area contributed by atoms with Crippen LogP contribution in [0.1, 0.15) is 45.4 Å². The lowest BCUT2D eigenvalue weighted by Crippen LogP contribution is -2.47. The molecule has 1 aliphatic heterocycles. The number of piperidine rings is 1. The number of aromatic nitrogens is 2. The van der Waals surface area contributed by atoms with Gasteiger partial charge in [-0.15, -0.1) is 0 Å². The zero-order valence-electron chi connectivity index (χ0n) is 19.1. The van der Waals surface area contributed by atoms with Crippen molar-refractivity contribution in [2.45, 2.75) is 62.9 Å². The number of nitrogens with one attached hydrogen (secondary N) is 1. The van der Waals surface area contributed by atoms with Crippen LogP contribution in [0.15, 0.2) is 57.9 Å². The number of nitrogens with zero attached hydrogens (tertiary/aromatic N) is 3. The van der Waals surface area contributed by atoms with E-state index in [0.29, 0.717) is 23.0 Å². The molecule has 8 nitrogen and oxygen atoms in total. The molecule has 1 saturated heterocycles. The number of anilines is 1. The van der Waals surface area contributed by atoms with Gasteiger partial charge in [0.15, 0.2) is 0 Å². The summed E-state index contributed by atoms with van der Waals surface area (Å²) in [6.07, 6.45) is 3.06. The summed E-state index contributed by atoms with van der Waals surface area (Å²) < 4.78 is 46.1. The van der Waals surface area contributed by atoms with Crippen molar-refractivity contribution in [3.8, 4) is 11.4 Å². The van der Waals surface area contributed by atoms with Crippen LogP contribution in [0.4, 0.5) is 10.1 Å². The Balaban J connectivity index is 1.34. The lowest BCUT2D eigenvalue weighted by Gasteiger charge is -2.37. The molecule has 180 valence electrons. The van der Waals surface area contributed by atoms with Crippen molar-refractivity contribution in [3.63, 3.8) is 0 Å². The van der Waals surface area contributed by atoms with E-state index >= 15 is 0 Å². The van der Waals surface area contributed by atoms with Gasteiger partial charge in [-0.2, -0.15) is 9.29 Å². The summed E-state index contributed by atoms with van der Waals surface area (Å²) in [6, 6.07) is 11.8. The van der Waals surface area contributed by atoms with Gasteiger partial charge >= 0.3 is 0 Å². The Morgan fingerprint density at radius 3 is 2.38 bits per heavy atom. The van der Waals surface area contributed by atoms with Crippen LogP contribution in [0.25, 0.3) is 11.4 Å². The van der Waals surface area contributed by atoms with E-state index < -0.39 is 10.0 Å². The minimum atomic E-state index is -3.60. The van der Waals surface area contributed by atoms with Crippen molar-refractivity contribution in [1.82, 2.24) is 14.4 Å². The summed E-state index contributed by atoms with van der Waals surface area (Å²) in [5, 5.41) is 6.61. The van der Waals surface area contributed by atoms with Crippen molar-refractivity contribution >= 4 is 21.6 Å². The third-order valence-corrected chi connectivity index (χ3v) is 8.11. The summed E-state index contributed by atoms with van der Waals surface area (Å²) in [5.41, 5.74) is 1.12. The van der Waals surface area contributed by atoms with Crippen molar-refractivity contribution in [2.75, 3.05) is 5.32 Å². The maximum Gasteiger partial charge on any atom is 0.243 e. The number of hydrogen-bond acceptors (Lipinski definition) is 6. The molecule has 4 rings (SSSR count). The standard InChI is InChI=1S/C24H27FN4O4S/c1-16-4-3-5-17(2)29(16)34(31,32)21-12-10-20(11-13-21)26-22(30)14-15-23-27-24(28-33-23)18-6-8-19(25)9-7-18/h6-13,16-17H,3-5,14-15H2,1-2H3,(H,26,30). The average molecular weight is 487 g/mol. The minimum Gasteiger partial charge on any atom is -0.339 e. The highest BCUT2D eigenvalue weighted by Gasteiger charge is 2.35. The Hall–Kier alpha value is -3.11. The van der Waals surface area contributed by atoms with Crippen LogP contribution in [0.5, 0.6) is 0 Å². The van der Waals surface area contributed by atoms with Gasteiger partial charge in [-0.3, -0.25) is 4.79 Å². The first-order valence-electron chi connectivity index (χ1n) is 11.3. The van der Waals surface area contributed by atoms with Gasteiger partial charge in [0, 0.05) is 36.2 Å². The van der Waals surface area contributed by atoms with Gasteiger partial charge in [0.2, 0.25) is 27.6 Å². The van der Waals surface area contributed by atoms with Gasteiger partial charge in [-0.05, 0) is 75.2 Å². The molecule has 0 aliphatic carbocycles. The van der Waals surface area contributed by atoms with Gasteiger partial charge < -0.3 is 9.84 Å². The second kappa shape index (κ2) is 10.0. The Kier molecular flexibility index (Phi) is 7.08. The summed E-state index contributed by atoms with van der Waals surface area (Å²) in [4.78, 5) is 16.8. The molecule has 1 aromatic heterocycles. The third-order valence-electron chi connectivity index (χ3n) is 5.96. The van der Waals surface area contributed by atoms with Crippen LogP contribution >= 0.6 is 0 Å². The van der Waals surface area contributed by atoms with Gasteiger partial charge in [0.05, 0.1) is 4.90 Å². The molecule has 0 spiro atoms. The number of aryl methyl sites for hydroxylation is 1. The van der Waals surface area contributed by atoms with Crippen molar-refractivity contribution in [2.24, 2.45) is 0 Å². The first-order valence-corrected chi connectivity index (χ1v) is 12.7. The molecule has 1 fully saturated rings. The number of hydrogen-bond donors (Lipinski definition) is 1. The van der Waals surface area contributed by atoms with Crippen LogP contribution in [0.3, 0.4) is 0 Å². The number of halogens is 1. The summed E-state index contributed by atoms with van der Waals surface area (Å²) in [6.45, 7) is 3.88. The molecule has 2 aromatic carbocycles. The largest absolute Gasteiger partial charge is 0.339 e. The lowest BCUT2D eigenvalue weighted by molar-refractivity contribution is -0.116. The number of sulfonamides is 1. The number of amides is 1. The van der Waals surface area contributed by atoms with E-state index in [-0.39, 0.29) is 41.5 Å². The second-order valence-corrected chi connectivity index (χ2v) is 10.4. The molecule has 2 heterocycles. The van der Waals surface area contributed by atoms with E-state index in [1.54, 1.807) is 28.6 Å². The Morgan fingerprint density at radius 2 is 1.74 bits per heavy atom. The highest BCUT2D eigenvalue weighted by Crippen LogP contribution is 2.30. The van der Waals surface area contributed by atoms with Crippen molar-refractivity contribution in [3.05, 3.63) is 60.2 Å². The Morgan fingerprint density at radius 1 is 1.09 bits per heavy atom. The van der Waals surface area contributed by atoms with Crippen LogP contribution in [-0.2, 0) is 21.2 Å². The summed E-state index contributed by atoms with van der Waals surface area (Å²) in [5.74, 6) is -0.00830. The van der Waals surface area contributed by atoms with E-state index in [4.69, 9.17) is 4.52 Å². The zero-order chi connectivity index (χ0) is 24.3. The fourth-order valence-electron chi connectivity index (χ4n) is 4.22. The molecule has 34 heavy (non-hydrogen) atoms. The normalized spacial score (nSPS) is 19.1. The van der Waals surface area contributed by atoms with Gasteiger partial charge in [-0.1, -0.05) is 11.6 Å². The number of rotatable bonds is 7. The van der Waals surface area contributed by atoms with E-state index in [0.717, 1.165) is 19.3 Å². The minimum absolute atomic E-state index is 0.0404. The molecule has 2 atom stereocenters. The van der Waals surface area contributed by atoms with Crippen molar-refractivity contribution < 1.29 is 22.1 Å². The van der Waals surface area contributed by atoms with Gasteiger partial charge in [0.25, 0.3) is 0 Å². The maximum absolute atomic E-state index is 13.1. The van der Waals surface area contributed by atoms with Crippen LogP contribution < -0.4 is 5.32 Å². The maximum atomic E-state index is 13.1. The number of benzene rings is 2. The molecule has 0 saturated carbocycles. The molecular weight excluding hydrogens is 459 g/mol. The topological polar surface area (TPSA) is 105 Å². The zero-order valence-corrected chi connectivity index (χ0v) is 19.9. The second-order valence-electron chi connectivity index (χ2n) is 8.56. The van der Waals surface area contributed by atoms with E-state index in [1.807, 2.05) is 13.8 Å². The van der Waals surface area contributed by atoms with E-state index in [9.17, 15) is 17.6 Å². The quantitative estimate of drug-likeness (QED) is 0.531. The average Bonchev–Trinajstić information content (AvgIpc) is 3.27. The molecule has 0 bridgehead atoms. The molecule has 1 amide bonds. The van der Waals surface area contributed by atoms with Crippen LogP contribution in [-0.4, -0.2) is 40.9 Å². The van der Waals surface area contributed by atoms with E-state index in [2.05, 4.69) is 15.5 Å². The summed E-state index contributed by atoms with van der Waals surface area (Å²) in [7, 11) is -3.60. The number of carbonyl (C=O) groups is 1. The first-order chi connectivity index (χ1) is 16.2.